The Balaban J connectivity index is 1.70. The largest absolute Gasteiger partial charge is 0.279 e. The van der Waals surface area contributed by atoms with Gasteiger partial charge in [-0.2, -0.15) is 15.0 Å². The molecule has 2 aromatic heterocycles. The van der Waals surface area contributed by atoms with Gasteiger partial charge in [0.05, 0.1) is 11.0 Å². The summed E-state index contributed by atoms with van der Waals surface area (Å²) in [6.07, 6.45) is 1.69. The van der Waals surface area contributed by atoms with Gasteiger partial charge < -0.3 is 0 Å². The van der Waals surface area contributed by atoms with Gasteiger partial charge in [0, 0.05) is 11.4 Å². The Hall–Kier alpha value is -3.77. The maximum absolute atomic E-state index is 6.31. The molecule has 0 N–H and O–H groups in total. The number of nitrogens with zero attached hydrogens (tertiary/aromatic N) is 6. The van der Waals surface area contributed by atoms with Crippen LogP contribution in [-0.4, -0.2) is 24.5 Å². The Morgan fingerprint density at radius 3 is 2.00 bits per heavy atom. The molecule has 0 atom stereocenters. The Morgan fingerprint density at radius 1 is 0.690 bits per heavy atom. The maximum atomic E-state index is 6.31. The second-order valence-electron chi connectivity index (χ2n) is 6.31. The molecular weight excluding hydrogens is 384 g/mol. The lowest BCUT2D eigenvalue weighted by molar-refractivity contribution is 0.903. The van der Waals surface area contributed by atoms with Gasteiger partial charge in [-0.05, 0) is 48.0 Å². The first kappa shape index (κ1) is 17.3. The molecule has 29 heavy (non-hydrogen) atoms. The smallest absolute Gasteiger partial charge is 0.241 e. The lowest BCUT2D eigenvalue weighted by Crippen LogP contribution is -2.15. The number of fused-ring (bicyclic) bond motifs is 1. The zero-order valence-electron chi connectivity index (χ0n) is 15.2. The molecule has 5 aromatic rings. The lowest BCUT2D eigenvalue weighted by atomic mass is 10.2. The van der Waals surface area contributed by atoms with Gasteiger partial charge >= 0.3 is 0 Å². The lowest BCUT2D eigenvalue weighted by Gasteiger charge is -2.23. The summed E-state index contributed by atoms with van der Waals surface area (Å²) in [7, 11) is 0. The van der Waals surface area contributed by atoms with Crippen molar-refractivity contribution < 1.29 is 0 Å². The van der Waals surface area contributed by atoms with Crippen LogP contribution < -0.4 is 4.90 Å². The summed E-state index contributed by atoms with van der Waals surface area (Å²) in [6, 6.07) is 27.6. The van der Waals surface area contributed by atoms with Gasteiger partial charge in [-0.15, -0.1) is 0 Å². The van der Waals surface area contributed by atoms with E-state index in [1.807, 2.05) is 89.8 Å². The first-order valence-electron chi connectivity index (χ1n) is 9.04. The summed E-state index contributed by atoms with van der Waals surface area (Å²) in [4.78, 5) is 19.8. The highest BCUT2D eigenvalue weighted by Crippen LogP contribution is 2.32. The van der Waals surface area contributed by atoms with Gasteiger partial charge in [-0.25, -0.2) is 4.98 Å². The Kier molecular flexibility index (Phi) is 4.38. The number of hydrogen-bond donors (Lipinski definition) is 0. The molecule has 0 aliphatic rings. The van der Waals surface area contributed by atoms with E-state index in [2.05, 4.69) is 15.0 Å². The molecule has 2 heterocycles. The van der Waals surface area contributed by atoms with Gasteiger partial charge in [0.1, 0.15) is 6.33 Å². The molecule has 0 unspecified atom stereocenters. The highest BCUT2D eigenvalue weighted by Gasteiger charge is 2.18. The molecule has 3 aromatic carbocycles. The van der Waals surface area contributed by atoms with Crippen molar-refractivity contribution in [2.75, 3.05) is 4.90 Å². The topological polar surface area (TPSA) is 59.7 Å². The van der Waals surface area contributed by atoms with Crippen LogP contribution in [0.25, 0.3) is 17.0 Å². The molecule has 7 heteroatoms. The van der Waals surface area contributed by atoms with E-state index >= 15 is 0 Å². The summed E-state index contributed by atoms with van der Waals surface area (Å²) in [5.41, 5.74) is 3.59. The average Bonchev–Trinajstić information content (AvgIpc) is 3.19. The summed E-state index contributed by atoms with van der Waals surface area (Å²) in [6.45, 7) is 0. The number of aromatic nitrogens is 5. The van der Waals surface area contributed by atoms with Gasteiger partial charge in [-0.1, -0.05) is 48.5 Å². The van der Waals surface area contributed by atoms with E-state index in [0.29, 0.717) is 11.9 Å². The van der Waals surface area contributed by atoms with Crippen LogP contribution >= 0.6 is 11.6 Å². The predicted molar refractivity (Wildman–Crippen MR) is 114 cm³/mol. The SMILES string of the molecule is Clc1nc(N(c2ccccc2)c2ccccc2)nc(-n2cnc3ccccc32)n1. The fourth-order valence-electron chi connectivity index (χ4n) is 3.19. The van der Waals surface area contributed by atoms with Crippen LogP contribution in [0.4, 0.5) is 17.3 Å². The summed E-state index contributed by atoms with van der Waals surface area (Å²) in [5.74, 6) is 0.834. The third-order valence-electron chi connectivity index (χ3n) is 4.48. The van der Waals surface area contributed by atoms with Crippen LogP contribution in [0.3, 0.4) is 0 Å². The normalized spacial score (nSPS) is 10.9. The molecule has 140 valence electrons. The molecule has 0 saturated carbocycles. The summed E-state index contributed by atoms with van der Waals surface area (Å²) >= 11 is 6.31. The molecule has 0 fully saturated rings. The van der Waals surface area contributed by atoms with Crippen LogP contribution in [-0.2, 0) is 0 Å². The summed E-state index contributed by atoms with van der Waals surface area (Å²) in [5, 5.41) is 0.111. The Morgan fingerprint density at radius 2 is 1.31 bits per heavy atom. The molecule has 6 nitrogen and oxygen atoms in total. The quantitative estimate of drug-likeness (QED) is 0.409. The number of benzene rings is 3. The van der Waals surface area contributed by atoms with Crippen molar-refractivity contribution in [3.63, 3.8) is 0 Å². The molecule has 0 bridgehead atoms. The van der Waals surface area contributed by atoms with E-state index in [1.165, 1.54) is 0 Å². The van der Waals surface area contributed by atoms with Crippen molar-refractivity contribution in [3.8, 4) is 5.95 Å². The minimum absolute atomic E-state index is 0.111. The number of halogens is 1. The molecule has 0 saturated heterocycles. The zero-order chi connectivity index (χ0) is 19.6. The minimum atomic E-state index is 0.111. The maximum Gasteiger partial charge on any atom is 0.241 e. The van der Waals surface area contributed by atoms with Crippen molar-refractivity contribution in [1.29, 1.82) is 0 Å². The monoisotopic (exact) mass is 398 g/mol. The first-order chi connectivity index (χ1) is 14.3. The second-order valence-corrected chi connectivity index (χ2v) is 6.65. The number of hydrogen-bond acceptors (Lipinski definition) is 5. The number of anilines is 3. The fraction of sp³-hybridized carbons (Fsp3) is 0. The van der Waals surface area contributed by atoms with Gasteiger partial charge in [0.15, 0.2) is 0 Å². The van der Waals surface area contributed by atoms with E-state index in [0.717, 1.165) is 22.4 Å². The van der Waals surface area contributed by atoms with Crippen molar-refractivity contribution in [1.82, 2.24) is 24.5 Å². The minimum Gasteiger partial charge on any atom is -0.279 e. The van der Waals surface area contributed by atoms with Crippen LogP contribution in [0, 0.1) is 0 Å². The van der Waals surface area contributed by atoms with E-state index in [-0.39, 0.29) is 5.28 Å². The van der Waals surface area contributed by atoms with Gasteiger partial charge in [0.2, 0.25) is 17.2 Å². The van der Waals surface area contributed by atoms with Crippen molar-refractivity contribution in [2.24, 2.45) is 0 Å². The predicted octanol–water partition coefficient (Wildman–Crippen LogP) is 5.33. The van der Waals surface area contributed by atoms with Crippen molar-refractivity contribution in [2.45, 2.75) is 0 Å². The van der Waals surface area contributed by atoms with E-state index in [1.54, 1.807) is 10.9 Å². The molecular formula is C22H15ClN6. The third-order valence-corrected chi connectivity index (χ3v) is 4.65. The molecule has 0 aliphatic heterocycles. The Bertz CT molecular complexity index is 1230. The number of rotatable bonds is 4. The average molecular weight is 399 g/mol. The fourth-order valence-corrected chi connectivity index (χ4v) is 3.34. The van der Waals surface area contributed by atoms with E-state index in [4.69, 9.17) is 16.6 Å². The second kappa shape index (κ2) is 7.33. The van der Waals surface area contributed by atoms with E-state index < -0.39 is 0 Å². The van der Waals surface area contributed by atoms with Crippen LogP contribution in [0.2, 0.25) is 5.28 Å². The molecule has 0 aliphatic carbocycles. The molecule has 5 rings (SSSR count). The van der Waals surface area contributed by atoms with Crippen LogP contribution in [0.15, 0.2) is 91.3 Å². The zero-order valence-corrected chi connectivity index (χ0v) is 16.0. The number of para-hydroxylation sites is 4. The van der Waals surface area contributed by atoms with E-state index in [9.17, 15) is 0 Å². The van der Waals surface area contributed by atoms with Crippen LogP contribution in [0.1, 0.15) is 0 Å². The van der Waals surface area contributed by atoms with Crippen molar-refractivity contribution >= 4 is 40.0 Å². The summed E-state index contributed by atoms with van der Waals surface area (Å²) < 4.78 is 1.81. The highest BCUT2D eigenvalue weighted by atomic mass is 35.5. The molecule has 0 radical (unpaired) electrons. The van der Waals surface area contributed by atoms with Crippen molar-refractivity contribution in [3.05, 3.63) is 96.5 Å². The molecule has 0 amide bonds. The standard InChI is InChI=1S/C22H15ClN6/c23-20-25-21(28-15-24-18-13-7-8-14-19(18)28)27-22(26-20)29(16-9-3-1-4-10-16)17-11-5-2-6-12-17/h1-15H. The van der Waals surface area contributed by atoms with Gasteiger partial charge in [0.25, 0.3) is 0 Å². The third kappa shape index (κ3) is 3.30. The highest BCUT2D eigenvalue weighted by molar-refractivity contribution is 6.28. The Labute approximate surface area is 172 Å². The number of imidazole rings is 1. The first-order valence-corrected chi connectivity index (χ1v) is 9.42. The van der Waals surface area contributed by atoms with Gasteiger partial charge in [-0.3, -0.25) is 9.47 Å². The molecule has 0 spiro atoms. The van der Waals surface area contributed by atoms with Crippen LogP contribution in [0.5, 0.6) is 0 Å².